The molecular formula is C22H23NO7. The maximum absolute atomic E-state index is 10.4. The van der Waals surface area contributed by atoms with Crippen LogP contribution < -0.4 is 23.7 Å². The fourth-order valence-corrected chi connectivity index (χ4v) is 4.75. The van der Waals surface area contributed by atoms with Crippen LogP contribution in [0.15, 0.2) is 29.4 Å². The Bertz CT molecular complexity index is 994. The molecule has 2 aromatic rings. The van der Waals surface area contributed by atoms with Gasteiger partial charge in [-0.3, -0.25) is 0 Å². The average molecular weight is 413 g/mol. The predicted octanol–water partition coefficient (Wildman–Crippen LogP) is 2.55. The van der Waals surface area contributed by atoms with Crippen molar-refractivity contribution < 1.29 is 33.6 Å². The maximum atomic E-state index is 10.4. The van der Waals surface area contributed by atoms with Gasteiger partial charge in [0, 0.05) is 29.9 Å². The molecule has 0 radical (unpaired) electrons. The van der Waals surface area contributed by atoms with Gasteiger partial charge in [0.2, 0.25) is 12.5 Å². The van der Waals surface area contributed by atoms with Gasteiger partial charge in [0.25, 0.3) is 0 Å². The van der Waals surface area contributed by atoms with E-state index in [1.54, 1.807) is 21.3 Å². The van der Waals surface area contributed by atoms with Crippen LogP contribution in [0.25, 0.3) is 0 Å². The molecule has 2 aromatic carbocycles. The van der Waals surface area contributed by atoms with Crippen LogP contribution in [0.3, 0.4) is 0 Å². The second kappa shape index (κ2) is 7.28. The molecule has 158 valence electrons. The molecule has 8 heteroatoms. The first-order valence-electron chi connectivity index (χ1n) is 9.74. The first-order chi connectivity index (χ1) is 14.7. The number of methoxy groups -OCH3 is 3. The number of rotatable bonds is 5. The van der Waals surface area contributed by atoms with Gasteiger partial charge in [0.05, 0.1) is 27.0 Å². The highest BCUT2D eigenvalue weighted by Crippen LogP contribution is 2.51. The fourth-order valence-electron chi connectivity index (χ4n) is 4.75. The summed E-state index contributed by atoms with van der Waals surface area (Å²) in [5.41, 5.74) is 3.72. The van der Waals surface area contributed by atoms with Crippen LogP contribution in [0.1, 0.15) is 22.6 Å². The van der Waals surface area contributed by atoms with Gasteiger partial charge < -0.3 is 33.6 Å². The van der Waals surface area contributed by atoms with Crippen molar-refractivity contribution in [2.24, 2.45) is 17.0 Å². The van der Waals surface area contributed by atoms with Gasteiger partial charge in [-0.15, -0.1) is 0 Å². The molecule has 0 fully saturated rings. The number of ether oxygens (including phenoxy) is 5. The van der Waals surface area contributed by atoms with Crippen LogP contribution in [0.5, 0.6) is 28.7 Å². The standard InChI is InChI=1S/C22H23NO7/c1-25-18-4-11(5-19(26-2)22(18)27-3)20-12-6-16-17(29-10-28-16)7-13(12)21-15(9-30-23-21)14(20)8-24/h4-7,14-15,20,24H,8-10H2,1-3H3/t14-,15-,20+/m0/s1. The summed E-state index contributed by atoms with van der Waals surface area (Å²) >= 11 is 0. The van der Waals surface area contributed by atoms with Gasteiger partial charge in [-0.2, -0.15) is 0 Å². The molecule has 0 bridgehead atoms. The van der Waals surface area contributed by atoms with E-state index < -0.39 is 0 Å². The molecular weight excluding hydrogens is 390 g/mol. The predicted molar refractivity (Wildman–Crippen MR) is 107 cm³/mol. The average Bonchev–Trinajstić information content (AvgIpc) is 3.44. The van der Waals surface area contributed by atoms with E-state index in [2.05, 4.69) is 5.16 Å². The molecule has 3 atom stereocenters. The normalized spacial score (nSPS) is 23.2. The molecule has 0 amide bonds. The third kappa shape index (κ3) is 2.67. The number of hydrogen-bond acceptors (Lipinski definition) is 8. The molecule has 5 rings (SSSR count). The molecule has 0 saturated carbocycles. The molecule has 2 aliphatic heterocycles. The number of aliphatic hydroxyl groups excluding tert-OH is 1. The number of oxime groups is 1. The Labute approximate surface area is 173 Å². The summed E-state index contributed by atoms with van der Waals surface area (Å²) in [5, 5.41) is 14.7. The largest absolute Gasteiger partial charge is 0.493 e. The Balaban J connectivity index is 1.74. The van der Waals surface area contributed by atoms with Crippen LogP contribution in [-0.2, 0) is 4.84 Å². The highest BCUT2D eigenvalue weighted by atomic mass is 16.7. The lowest BCUT2D eigenvalue weighted by molar-refractivity contribution is 0.111. The summed E-state index contributed by atoms with van der Waals surface area (Å²) in [6, 6.07) is 7.80. The molecule has 3 aliphatic rings. The third-order valence-electron chi connectivity index (χ3n) is 6.13. The van der Waals surface area contributed by atoms with Gasteiger partial charge in [0.1, 0.15) is 6.61 Å². The van der Waals surface area contributed by atoms with Crippen molar-refractivity contribution in [3.05, 3.63) is 41.0 Å². The Morgan fingerprint density at radius 3 is 2.33 bits per heavy atom. The summed E-state index contributed by atoms with van der Waals surface area (Å²) in [5.74, 6) is 2.69. The molecule has 30 heavy (non-hydrogen) atoms. The summed E-state index contributed by atoms with van der Waals surface area (Å²) in [4.78, 5) is 5.45. The third-order valence-corrected chi connectivity index (χ3v) is 6.13. The quantitative estimate of drug-likeness (QED) is 0.806. The summed E-state index contributed by atoms with van der Waals surface area (Å²) in [6.45, 7) is 0.584. The maximum Gasteiger partial charge on any atom is 0.231 e. The lowest BCUT2D eigenvalue weighted by Gasteiger charge is -2.37. The van der Waals surface area contributed by atoms with Gasteiger partial charge in [-0.25, -0.2) is 0 Å². The van der Waals surface area contributed by atoms with Crippen molar-refractivity contribution in [2.75, 3.05) is 41.3 Å². The minimum Gasteiger partial charge on any atom is -0.493 e. The van der Waals surface area contributed by atoms with E-state index in [1.807, 2.05) is 24.3 Å². The van der Waals surface area contributed by atoms with Crippen LogP contribution in [0.2, 0.25) is 0 Å². The van der Waals surface area contributed by atoms with E-state index in [0.29, 0.717) is 35.4 Å². The van der Waals surface area contributed by atoms with E-state index >= 15 is 0 Å². The first kappa shape index (κ1) is 18.9. The Morgan fingerprint density at radius 1 is 1.00 bits per heavy atom. The van der Waals surface area contributed by atoms with Crippen LogP contribution in [0.4, 0.5) is 0 Å². The molecule has 1 N–H and O–H groups in total. The number of nitrogens with zero attached hydrogens (tertiary/aromatic N) is 1. The molecule has 2 heterocycles. The van der Waals surface area contributed by atoms with Gasteiger partial charge in [-0.05, 0) is 35.4 Å². The monoisotopic (exact) mass is 413 g/mol. The summed E-state index contributed by atoms with van der Waals surface area (Å²) in [6.07, 6.45) is 0. The Kier molecular flexibility index (Phi) is 4.58. The number of hydrogen-bond donors (Lipinski definition) is 1. The lowest BCUT2D eigenvalue weighted by atomic mass is 9.66. The summed E-state index contributed by atoms with van der Waals surface area (Å²) < 4.78 is 27.8. The van der Waals surface area contributed by atoms with Crippen molar-refractivity contribution in [3.8, 4) is 28.7 Å². The number of fused-ring (bicyclic) bond motifs is 4. The number of aliphatic hydroxyl groups is 1. The van der Waals surface area contributed by atoms with Crippen LogP contribution in [0, 0.1) is 11.8 Å². The van der Waals surface area contributed by atoms with Crippen molar-refractivity contribution in [3.63, 3.8) is 0 Å². The van der Waals surface area contributed by atoms with Crippen LogP contribution in [-0.4, -0.2) is 52.2 Å². The molecule has 0 unspecified atom stereocenters. The second-order valence-corrected chi connectivity index (χ2v) is 7.45. The zero-order valence-electron chi connectivity index (χ0n) is 17.0. The zero-order valence-corrected chi connectivity index (χ0v) is 17.0. The van der Waals surface area contributed by atoms with Crippen molar-refractivity contribution in [2.45, 2.75) is 5.92 Å². The van der Waals surface area contributed by atoms with E-state index in [-0.39, 0.29) is 31.2 Å². The molecule has 0 spiro atoms. The second-order valence-electron chi connectivity index (χ2n) is 7.45. The van der Waals surface area contributed by atoms with Gasteiger partial charge >= 0.3 is 0 Å². The van der Waals surface area contributed by atoms with E-state index in [0.717, 1.165) is 22.4 Å². The van der Waals surface area contributed by atoms with Crippen LogP contribution >= 0.6 is 0 Å². The van der Waals surface area contributed by atoms with E-state index in [9.17, 15) is 5.11 Å². The van der Waals surface area contributed by atoms with Gasteiger partial charge in [0.15, 0.2) is 23.0 Å². The Hall–Kier alpha value is -3.13. The van der Waals surface area contributed by atoms with E-state index in [1.165, 1.54) is 0 Å². The minimum atomic E-state index is -0.154. The van der Waals surface area contributed by atoms with Crippen molar-refractivity contribution in [1.29, 1.82) is 0 Å². The molecule has 8 nitrogen and oxygen atoms in total. The first-order valence-corrected chi connectivity index (χ1v) is 9.74. The minimum absolute atomic E-state index is 0.0255. The highest BCUT2D eigenvalue weighted by Gasteiger charge is 2.45. The number of benzene rings is 2. The Morgan fingerprint density at radius 2 is 1.70 bits per heavy atom. The fraction of sp³-hybridized carbons (Fsp3) is 0.409. The zero-order chi connectivity index (χ0) is 20.8. The smallest absolute Gasteiger partial charge is 0.231 e. The highest BCUT2D eigenvalue weighted by molar-refractivity contribution is 6.06. The molecule has 1 aliphatic carbocycles. The molecule has 0 aromatic heterocycles. The van der Waals surface area contributed by atoms with Gasteiger partial charge in [-0.1, -0.05) is 5.16 Å². The SMILES string of the molecule is COc1cc([C@@H]2c3cc4c(cc3C3=NOC[C@H]3[C@@H]2CO)OCO4)cc(OC)c1OC. The van der Waals surface area contributed by atoms with E-state index in [4.69, 9.17) is 28.5 Å². The van der Waals surface area contributed by atoms with Crippen molar-refractivity contribution in [1.82, 2.24) is 0 Å². The summed E-state index contributed by atoms with van der Waals surface area (Å²) in [7, 11) is 4.76. The lowest BCUT2D eigenvalue weighted by Crippen LogP contribution is -2.37. The molecule has 0 saturated heterocycles. The topological polar surface area (TPSA) is 88.0 Å². The van der Waals surface area contributed by atoms with Crippen molar-refractivity contribution >= 4 is 5.71 Å².